The van der Waals surface area contributed by atoms with E-state index < -0.39 is 0 Å². The lowest BCUT2D eigenvalue weighted by Gasteiger charge is -2.40. The van der Waals surface area contributed by atoms with Crippen LogP contribution in [0.4, 0.5) is 0 Å². The lowest BCUT2D eigenvalue weighted by Crippen LogP contribution is -2.41. The molecule has 2 N–H and O–H groups in total. The van der Waals surface area contributed by atoms with E-state index in [0.29, 0.717) is 34.7 Å². The van der Waals surface area contributed by atoms with E-state index in [1.807, 2.05) is 48.5 Å². The molecule has 0 radical (unpaired) electrons. The maximum absolute atomic E-state index is 9.89. The van der Waals surface area contributed by atoms with Crippen LogP contribution >= 0.6 is 23.2 Å². The van der Waals surface area contributed by atoms with Crippen molar-refractivity contribution in [3.05, 3.63) is 98.1 Å². The second-order valence-electron chi connectivity index (χ2n) is 8.06. The summed E-state index contributed by atoms with van der Waals surface area (Å²) >= 11 is 12.5. The molecule has 6 heteroatoms. The van der Waals surface area contributed by atoms with Gasteiger partial charge in [0.15, 0.2) is 0 Å². The summed E-state index contributed by atoms with van der Waals surface area (Å²) in [5.41, 5.74) is 10.6. The van der Waals surface area contributed by atoms with E-state index in [2.05, 4.69) is 30.9 Å². The van der Waals surface area contributed by atoms with Crippen molar-refractivity contribution in [1.82, 2.24) is 4.90 Å². The van der Waals surface area contributed by atoms with Crippen molar-refractivity contribution in [2.75, 3.05) is 13.1 Å². The van der Waals surface area contributed by atoms with Crippen LogP contribution in [-0.4, -0.2) is 24.0 Å². The van der Waals surface area contributed by atoms with E-state index in [4.69, 9.17) is 33.7 Å². The lowest BCUT2D eigenvalue weighted by atomic mass is 9.80. The molecule has 31 heavy (non-hydrogen) atoms. The zero-order chi connectivity index (χ0) is 22.1. The highest BCUT2D eigenvalue weighted by atomic mass is 35.5. The van der Waals surface area contributed by atoms with Crippen LogP contribution in [0.1, 0.15) is 30.9 Å². The predicted molar refractivity (Wildman–Crippen MR) is 125 cm³/mol. The van der Waals surface area contributed by atoms with Gasteiger partial charge in [-0.25, -0.2) is 0 Å². The monoisotopic (exact) mass is 451 g/mol. The van der Waals surface area contributed by atoms with E-state index in [1.165, 1.54) is 0 Å². The van der Waals surface area contributed by atoms with Crippen LogP contribution in [-0.2, 0) is 4.74 Å². The quantitative estimate of drug-likeness (QED) is 0.634. The molecular formula is C25H23Cl2N3O. The highest BCUT2D eigenvalue weighted by Gasteiger charge is 2.38. The van der Waals surface area contributed by atoms with Crippen molar-refractivity contribution in [3.8, 4) is 6.07 Å². The van der Waals surface area contributed by atoms with E-state index in [1.54, 1.807) is 0 Å². The van der Waals surface area contributed by atoms with Gasteiger partial charge in [0.25, 0.3) is 0 Å². The Balaban J connectivity index is 1.90. The van der Waals surface area contributed by atoms with Crippen LogP contribution in [0.3, 0.4) is 0 Å². The van der Waals surface area contributed by atoms with Crippen molar-refractivity contribution in [2.45, 2.75) is 25.8 Å². The van der Waals surface area contributed by atoms with Gasteiger partial charge in [-0.1, -0.05) is 47.5 Å². The summed E-state index contributed by atoms with van der Waals surface area (Å²) in [5.74, 6) is 0.566. The molecule has 4 nitrogen and oxygen atoms in total. The SMILES string of the molecule is CC(C)N1CC2=C(OC(N)=C(C#N)[C@@H]2c2cccc(Cl)c2)/C(=C\c2cccc(Cl)c2)C1. The molecule has 2 aliphatic rings. The molecule has 2 aromatic rings. The van der Waals surface area contributed by atoms with Crippen LogP contribution in [0.15, 0.2) is 76.9 Å². The number of nitrogens with zero attached hydrogens (tertiary/aromatic N) is 2. The van der Waals surface area contributed by atoms with Crippen LogP contribution in [0, 0.1) is 11.3 Å². The van der Waals surface area contributed by atoms with Gasteiger partial charge in [0.05, 0.1) is 5.92 Å². The molecule has 0 aromatic heterocycles. The summed E-state index contributed by atoms with van der Waals surface area (Å²) in [6, 6.07) is 17.9. The van der Waals surface area contributed by atoms with Crippen molar-refractivity contribution in [3.63, 3.8) is 0 Å². The third-order valence-corrected chi connectivity index (χ3v) is 6.14. The molecule has 0 saturated carbocycles. The average molecular weight is 452 g/mol. The van der Waals surface area contributed by atoms with Gasteiger partial charge in [0, 0.05) is 34.7 Å². The minimum atomic E-state index is -0.309. The molecule has 4 rings (SSSR count). The van der Waals surface area contributed by atoms with Crippen molar-refractivity contribution >= 4 is 29.3 Å². The summed E-state index contributed by atoms with van der Waals surface area (Å²) in [4.78, 5) is 2.35. The van der Waals surface area contributed by atoms with E-state index >= 15 is 0 Å². The number of ether oxygens (including phenoxy) is 1. The molecule has 0 fully saturated rings. The number of halogens is 2. The summed E-state index contributed by atoms with van der Waals surface area (Å²) in [6.07, 6.45) is 2.08. The fourth-order valence-corrected chi connectivity index (χ4v) is 4.52. The molecule has 0 amide bonds. The number of benzene rings is 2. The molecule has 0 bridgehead atoms. The van der Waals surface area contributed by atoms with E-state index in [0.717, 1.165) is 28.0 Å². The normalized spacial score (nSPS) is 20.6. The first kappa shape index (κ1) is 21.5. The Hall–Kier alpha value is -2.71. The largest absolute Gasteiger partial charge is 0.440 e. The van der Waals surface area contributed by atoms with Crippen LogP contribution in [0.25, 0.3) is 6.08 Å². The third kappa shape index (κ3) is 4.36. The Labute approximate surface area is 192 Å². The van der Waals surface area contributed by atoms with Crippen LogP contribution in [0.2, 0.25) is 10.0 Å². The molecule has 0 spiro atoms. The summed E-state index contributed by atoms with van der Waals surface area (Å²) < 4.78 is 6.07. The maximum atomic E-state index is 9.89. The van der Waals surface area contributed by atoms with Crippen LogP contribution < -0.4 is 5.73 Å². The van der Waals surface area contributed by atoms with Gasteiger partial charge in [-0.15, -0.1) is 0 Å². The molecule has 2 aliphatic heterocycles. The molecule has 158 valence electrons. The van der Waals surface area contributed by atoms with Gasteiger partial charge in [-0.05, 0) is 60.9 Å². The Bertz CT molecular complexity index is 1160. The number of rotatable bonds is 3. The fraction of sp³-hybridized carbons (Fsp3) is 0.240. The first-order valence-corrected chi connectivity index (χ1v) is 10.9. The third-order valence-electron chi connectivity index (χ3n) is 5.67. The van der Waals surface area contributed by atoms with E-state index in [9.17, 15) is 5.26 Å². The standard InChI is InChI=1S/C25H23Cl2N3O/c1-15(2)30-13-18(9-16-5-3-7-19(26)10-16)24-22(14-30)23(21(12-28)25(29)31-24)17-6-4-8-20(27)11-17/h3-11,15,23H,13-14,29H2,1-2H3/b18-9-/t23-/m0/s1. The molecule has 0 unspecified atom stereocenters. The number of allylic oxidation sites excluding steroid dienone is 1. The molecule has 0 aliphatic carbocycles. The minimum absolute atomic E-state index is 0.140. The van der Waals surface area contributed by atoms with Gasteiger partial charge in [0.2, 0.25) is 5.88 Å². The summed E-state index contributed by atoms with van der Waals surface area (Å²) in [7, 11) is 0. The lowest BCUT2D eigenvalue weighted by molar-refractivity contribution is 0.208. The zero-order valence-corrected chi connectivity index (χ0v) is 18.9. The van der Waals surface area contributed by atoms with Gasteiger partial charge in [0.1, 0.15) is 17.4 Å². The smallest absolute Gasteiger partial charge is 0.205 e. The van der Waals surface area contributed by atoms with Crippen molar-refractivity contribution < 1.29 is 4.74 Å². The topological polar surface area (TPSA) is 62.3 Å². The molecule has 0 saturated heterocycles. The second kappa shape index (κ2) is 8.80. The Morgan fingerprint density at radius 3 is 2.48 bits per heavy atom. The van der Waals surface area contributed by atoms with Gasteiger partial charge < -0.3 is 10.5 Å². The highest BCUT2D eigenvalue weighted by Crippen LogP contribution is 2.44. The first-order chi connectivity index (χ1) is 14.9. The summed E-state index contributed by atoms with van der Waals surface area (Å²) in [6.45, 7) is 5.71. The average Bonchev–Trinajstić information content (AvgIpc) is 2.73. The molecule has 2 aromatic carbocycles. The molecular weight excluding hydrogens is 429 g/mol. The van der Waals surface area contributed by atoms with Gasteiger partial charge >= 0.3 is 0 Å². The second-order valence-corrected chi connectivity index (χ2v) is 8.93. The van der Waals surface area contributed by atoms with Crippen molar-refractivity contribution in [2.24, 2.45) is 5.73 Å². The zero-order valence-electron chi connectivity index (χ0n) is 17.4. The Kier molecular flexibility index (Phi) is 6.11. The fourth-order valence-electron chi connectivity index (χ4n) is 4.13. The first-order valence-electron chi connectivity index (χ1n) is 10.1. The van der Waals surface area contributed by atoms with Gasteiger partial charge in [-0.2, -0.15) is 5.26 Å². The Morgan fingerprint density at radius 2 is 1.84 bits per heavy atom. The Morgan fingerprint density at radius 1 is 1.13 bits per heavy atom. The van der Waals surface area contributed by atoms with Crippen molar-refractivity contribution in [1.29, 1.82) is 5.26 Å². The van der Waals surface area contributed by atoms with Gasteiger partial charge in [-0.3, -0.25) is 4.90 Å². The summed E-state index contributed by atoms with van der Waals surface area (Å²) in [5, 5.41) is 11.2. The maximum Gasteiger partial charge on any atom is 0.205 e. The minimum Gasteiger partial charge on any atom is -0.440 e. The number of hydrogen-bond donors (Lipinski definition) is 1. The number of nitrogens with two attached hydrogens (primary N) is 1. The molecule has 2 heterocycles. The highest BCUT2D eigenvalue weighted by molar-refractivity contribution is 6.31. The molecule has 1 atom stereocenters. The van der Waals surface area contributed by atoms with Crippen LogP contribution in [0.5, 0.6) is 0 Å². The van der Waals surface area contributed by atoms with E-state index in [-0.39, 0.29) is 11.8 Å². The predicted octanol–water partition coefficient (Wildman–Crippen LogP) is 5.86. The number of nitriles is 1. The number of hydrogen-bond acceptors (Lipinski definition) is 4.